The van der Waals surface area contributed by atoms with Gasteiger partial charge in [-0.1, -0.05) is 13.0 Å². The number of rotatable bonds is 4. The molecular formula is C20H30N4O4. The molecule has 154 valence electrons. The van der Waals surface area contributed by atoms with Crippen LogP contribution in [0.3, 0.4) is 0 Å². The predicted molar refractivity (Wildman–Crippen MR) is 108 cm³/mol. The zero-order chi connectivity index (χ0) is 21.0. The van der Waals surface area contributed by atoms with E-state index in [1.54, 1.807) is 42.1 Å². The molecule has 28 heavy (non-hydrogen) atoms. The highest BCUT2D eigenvalue weighted by atomic mass is 16.5. The van der Waals surface area contributed by atoms with Crippen LogP contribution < -0.4 is 15.4 Å². The molecule has 1 heterocycles. The fraction of sp³-hybridized carbons (Fsp3) is 0.550. The minimum absolute atomic E-state index is 0.0261. The Kier molecular flexibility index (Phi) is 6.88. The number of likely N-dealkylation sites (N-methyl/N-ethyl adjacent to an activating group) is 1. The molecule has 0 bridgehead atoms. The number of carbonyl (C=O) groups excluding carboxylic acids is 3. The first-order valence-corrected chi connectivity index (χ1v) is 9.44. The van der Waals surface area contributed by atoms with E-state index in [9.17, 15) is 14.4 Å². The lowest BCUT2D eigenvalue weighted by molar-refractivity contribution is -0.114. The molecule has 2 rings (SSSR count). The van der Waals surface area contributed by atoms with Crippen LogP contribution in [0.15, 0.2) is 18.2 Å². The van der Waals surface area contributed by atoms with Gasteiger partial charge in [0.2, 0.25) is 5.91 Å². The zero-order valence-corrected chi connectivity index (χ0v) is 17.4. The lowest BCUT2D eigenvalue weighted by Gasteiger charge is -2.35. The summed E-state index contributed by atoms with van der Waals surface area (Å²) in [5.41, 5.74) is 0.833. The second-order valence-corrected chi connectivity index (χ2v) is 7.67. The summed E-state index contributed by atoms with van der Waals surface area (Å²) < 4.78 is 6.24. The van der Waals surface area contributed by atoms with Crippen LogP contribution in [-0.2, 0) is 4.79 Å². The Bertz CT molecular complexity index is 750. The molecule has 1 aliphatic heterocycles. The number of carbonyl (C=O) groups is 3. The van der Waals surface area contributed by atoms with Crippen LogP contribution in [0.5, 0.6) is 5.75 Å². The van der Waals surface area contributed by atoms with Gasteiger partial charge in [0.25, 0.3) is 5.91 Å². The second kappa shape index (κ2) is 8.95. The Morgan fingerprint density at radius 3 is 2.64 bits per heavy atom. The van der Waals surface area contributed by atoms with Gasteiger partial charge in [0.05, 0.1) is 17.8 Å². The molecule has 0 saturated carbocycles. The van der Waals surface area contributed by atoms with Crippen LogP contribution in [0.4, 0.5) is 10.5 Å². The van der Waals surface area contributed by atoms with E-state index < -0.39 is 0 Å². The van der Waals surface area contributed by atoms with Crippen molar-refractivity contribution in [3.05, 3.63) is 23.8 Å². The maximum Gasteiger partial charge on any atom is 0.317 e. The Balaban J connectivity index is 2.36. The Labute approximate surface area is 166 Å². The van der Waals surface area contributed by atoms with Crippen molar-refractivity contribution in [1.29, 1.82) is 0 Å². The van der Waals surface area contributed by atoms with Crippen molar-refractivity contribution in [3.63, 3.8) is 0 Å². The molecule has 0 unspecified atom stereocenters. The quantitative estimate of drug-likeness (QED) is 0.824. The number of ether oxygens (including phenoxy) is 1. The third kappa shape index (κ3) is 5.15. The molecule has 2 atom stereocenters. The van der Waals surface area contributed by atoms with Gasteiger partial charge in [0, 0.05) is 39.5 Å². The fourth-order valence-electron chi connectivity index (χ4n) is 3.15. The summed E-state index contributed by atoms with van der Waals surface area (Å²) in [7, 11) is 3.45. The molecule has 8 nitrogen and oxygen atoms in total. The normalized spacial score (nSPS) is 19.2. The first-order chi connectivity index (χ1) is 13.1. The Morgan fingerprint density at radius 2 is 2.04 bits per heavy atom. The number of para-hydroxylation sites is 1. The van der Waals surface area contributed by atoms with Crippen molar-refractivity contribution in [2.75, 3.05) is 32.5 Å². The molecular weight excluding hydrogens is 360 g/mol. The maximum atomic E-state index is 12.8. The number of nitrogens with one attached hydrogen (secondary N) is 2. The van der Waals surface area contributed by atoms with Crippen molar-refractivity contribution >= 4 is 23.5 Å². The first kappa shape index (κ1) is 21.5. The average Bonchev–Trinajstić information content (AvgIpc) is 2.59. The van der Waals surface area contributed by atoms with E-state index in [-0.39, 0.29) is 35.9 Å². The van der Waals surface area contributed by atoms with Crippen molar-refractivity contribution in [2.24, 2.45) is 5.92 Å². The molecule has 0 spiro atoms. The van der Waals surface area contributed by atoms with E-state index in [0.29, 0.717) is 30.1 Å². The SMILES string of the molecule is CC(=O)Nc1cccc2c1O[C@H](CN(C)C(=O)NC(C)C)[C@@H](C)CN(C)C2=O. The van der Waals surface area contributed by atoms with Crippen LogP contribution in [0.1, 0.15) is 38.1 Å². The molecule has 0 radical (unpaired) electrons. The van der Waals surface area contributed by atoms with Crippen molar-refractivity contribution in [3.8, 4) is 5.75 Å². The predicted octanol–water partition coefficient (Wildman–Crippen LogP) is 2.16. The first-order valence-electron chi connectivity index (χ1n) is 9.44. The second-order valence-electron chi connectivity index (χ2n) is 7.67. The van der Waals surface area contributed by atoms with Gasteiger partial charge in [-0.25, -0.2) is 4.79 Å². The molecule has 8 heteroatoms. The monoisotopic (exact) mass is 390 g/mol. The smallest absolute Gasteiger partial charge is 0.317 e. The summed E-state index contributed by atoms with van der Waals surface area (Å²) in [6, 6.07) is 4.93. The van der Waals surface area contributed by atoms with Crippen LogP contribution in [0, 0.1) is 5.92 Å². The molecule has 0 saturated heterocycles. The van der Waals surface area contributed by atoms with E-state index in [1.165, 1.54) is 6.92 Å². The van der Waals surface area contributed by atoms with Gasteiger partial charge >= 0.3 is 6.03 Å². The third-order valence-corrected chi connectivity index (χ3v) is 4.58. The molecule has 4 amide bonds. The Morgan fingerprint density at radius 1 is 1.36 bits per heavy atom. The summed E-state index contributed by atoms with van der Waals surface area (Å²) >= 11 is 0. The van der Waals surface area contributed by atoms with Crippen LogP contribution in [-0.4, -0.2) is 67.0 Å². The molecule has 0 aliphatic carbocycles. The maximum absolute atomic E-state index is 12.8. The summed E-state index contributed by atoms with van der Waals surface area (Å²) in [6.07, 6.45) is -0.355. The van der Waals surface area contributed by atoms with Crippen LogP contribution in [0.2, 0.25) is 0 Å². The van der Waals surface area contributed by atoms with Crippen molar-refractivity contribution in [2.45, 2.75) is 39.8 Å². The van der Waals surface area contributed by atoms with Crippen molar-refractivity contribution < 1.29 is 19.1 Å². The highest BCUT2D eigenvalue weighted by Crippen LogP contribution is 2.34. The lowest BCUT2D eigenvalue weighted by Crippen LogP contribution is -2.49. The summed E-state index contributed by atoms with van der Waals surface area (Å²) in [5.74, 6) is -0.109. The number of fused-ring (bicyclic) bond motifs is 1. The van der Waals surface area contributed by atoms with Crippen LogP contribution >= 0.6 is 0 Å². The molecule has 1 aromatic carbocycles. The molecule has 2 N–H and O–H groups in total. The van der Waals surface area contributed by atoms with E-state index in [4.69, 9.17) is 4.74 Å². The number of hydrogen-bond acceptors (Lipinski definition) is 4. The lowest BCUT2D eigenvalue weighted by atomic mass is 10.0. The standard InChI is InChI=1S/C20H30N4O4/c1-12(2)21-20(27)24(6)11-17-13(3)10-23(5)19(26)15-8-7-9-16(18(15)28-17)22-14(4)25/h7-9,12-13,17H,10-11H2,1-6H3,(H,21,27)(H,22,25)/t13-,17+/m0/s1. The molecule has 1 aromatic rings. The van der Waals surface area contributed by atoms with Gasteiger partial charge in [-0.05, 0) is 26.0 Å². The number of nitrogens with zero attached hydrogens (tertiary/aromatic N) is 2. The van der Waals surface area contributed by atoms with Gasteiger partial charge < -0.3 is 25.2 Å². The summed E-state index contributed by atoms with van der Waals surface area (Å²) in [6.45, 7) is 8.02. The van der Waals surface area contributed by atoms with Gasteiger partial charge in [-0.2, -0.15) is 0 Å². The summed E-state index contributed by atoms with van der Waals surface area (Å²) in [4.78, 5) is 39.9. The Hall–Kier alpha value is -2.77. The number of amides is 4. The fourth-order valence-corrected chi connectivity index (χ4v) is 3.15. The van der Waals surface area contributed by atoms with Gasteiger partial charge in [-0.3, -0.25) is 9.59 Å². The van der Waals surface area contributed by atoms with E-state index in [2.05, 4.69) is 10.6 Å². The van der Waals surface area contributed by atoms with E-state index in [0.717, 1.165) is 0 Å². The van der Waals surface area contributed by atoms with E-state index in [1.807, 2.05) is 20.8 Å². The number of anilines is 1. The van der Waals surface area contributed by atoms with Gasteiger partial charge in [0.1, 0.15) is 6.10 Å². The largest absolute Gasteiger partial charge is 0.485 e. The minimum atomic E-state index is -0.355. The zero-order valence-electron chi connectivity index (χ0n) is 17.4. The minimum Gasteiger partial charge on any atom is -0.485 e. The average molecular weight is 390 g/mol. The van der Waals surface area contributed by atoms with E-state index >= 15 is 0 Å². The number of benzene rings is 1. The van der Waals surface area contributed by atoms with Gasteiger partial charge in [0.15, 0.2) is 5.75 Å². The number of urea groups is 1. The topological polar surface area (TPSA) is 91.0 Å². The number of hydrogen-bond donors (Lipinski definition) is 2. The summed E-state index contributed by atoms with van der Waals surface area (Å²) in [5, 5.41) is 5.58. The highest BCUT2D eigenvalue weighted by Gasteiger charge is 2.32. The van der Waals surface area contributed by atoms with Crippen LogP contribution in [0.25, 0.3) is 0 Å². The molecule has 0 aromatic heterocycles. The third-order valence-electron chi connectivity index (χ3n) is 4.58. The molecule has 1 aliphatic rings. The molecule has 0 fully saturated rings. The highest BCUT2D eigenvalue weighted by molar-refractivity contribution is 6.01. The van der Waals surface area contributed by atoms with Gasteiger partial charge in [-0.15, -0.1) is 0 Å². The van der Waals surface area contributed by atoms with Crippen molar-refractivity contribution in [1.82, 2.24) is 15.1 Å².